The van der Waals surface area contributed by atoms with Gasteiger partial charge in [0.05, 0.1) is 0 Å². The lowest BCUT2D eigenvalue weighted by atomic mass is 10.3. The summed E-state index contributed by atoms with van der Waals surface area (Å²) in [6, 6.07) is 8.90. The summed E-state index contributed by atoms with van der Waals surface area (Å²) in [6.45, 7) is 1.81. The maximum atomic E-state index is 11.0. The minimum absolute atomic E-state index is 0.482. The van der Waals surface area contributed by atoms with Crippen LogP contribution in [0.5, 0.6) is 5.75 Å². The maximum Gasteiger partial charge on any atom is 0.416 e. The minimum atomic E-state index is -0.482. The molecular weight excluding hydrogens is 166 g/mol. The molecule has 1 N–H and O–H groups in total. The lowest BCUT2D eigenvalue weighted by Crippen LogP contribution is -2.21. The summed E-state index contributed by atoms with van der Waals surface area (Å²) >= 11 is 0. The number of carbonyl (C=O) groups is 1. The van der Waals surface area contributed by atoms with Crippen LogP contribution >= 0.6 is 0 Å². The van der Waals surface area contributed by atoms with Gasteiger partial charge in [-0.05, 0) is 19.1 Å². The molecule has 0 atom stereocenters. The van der Waals surface area contributed by atoms with Gasteiger partial charge in [0.2, 0.25) is 0 Å². The van der Waals surface area contributed by atoms with Crippen molar-refractivity contribution in [1.29, 1.82) is 0 Å². The molecule has 0 radical (unpaired) electrons. The SMILES string of the molecule is CC=CNC(=O)Oc1ccccc1. The number of hydrogen-bond donors (Lipinski definition) is 1. The quantitative estimate of drug-likeness (QED) is 0.752. The van der Waals surface area contributed by atoms with Gasteiger partial charge in [0.25, 0.3) is 0 Å². The molecule has 0 heterocycles. The summed E-state index contributed by atoms with van der Waals surface area (Å²) in [6.07, 6.45) is 2.75. The monoisotopic (exact) mass is 177 g/mol. The topological polar surface area (TPSA) is 38.3 Å². The number of hydrogen-bond acceptors (Lipinski definition) is 2. The van der Waals surface area contributed by atoms with E-state index in [0.29, 0.717) is 5.75 Å². The van der Waals surface area contributed by atoms with Crippen molar-refractivity contribution in [3.05, 3.63) is 42.6 Å². The molecule has 0 saturated carbocycles. The molecule has 1 aromatic carbocycles. The molecular formula is C10H11NO2. The Balaban J connectivity index is 2.46. The van der Waals surface area contributed by atoms with Crippen LogP contribution in [-0.2, 0) is 0 Å². The maximum absolute atomic E-state index is 11.0. The van der Waals surface area contributed by atoms with Gasteiger partial charge in [-0.2, -0.15) is 0 Å². The molecule has 3 heteroatoms. The first-order chi connectivity index (χ1) is 6.33. The Morgan fingerprint density at radius 2 is 2.08 bits per heavy atom. The zero-order valence-electron chi connectivity index (χ0n) is 7.36. The van der Waals surface area contributed by atoms with Crippen LogP contribution in [0.15, 0.2) is 42.6 Å². The highest BCUT2D eigenvalue weighted by atomic mass is 16.5. The van der Waals surface area contributed by atoms with Gasteiger partial charge < -0.3 is 4.74 Å². The molecule has 0 bridgehead atoms. The third-order valence-corrected chi connectivity index (χ3v) is 1.32. The van der Waals surface area contributed by atoms with Crippen molar-refractivity contribution in [2.75, 3.05) is 0 Å². The number of ether oxygens (including phenoxy) is 1. The fourth-order valence-electron chi connectivity index (χ4n) is 0.776. The highest BCUT2D eigenvalue weighted by Gasteiger charge is 1.99. The van der Waals surface area contributed by atoms with E-state index in [1.807, 2.05) is 13.0 Å². The van der Waals surface area contributed by atoms with E-state index in [2.05, 4.69) is 5.32 Å². The van der Waals surface area contributed by atoms with E-state index < -0.39 is 6.09 Å². The van der Waals surface area contributed by atoms with Crippen molar-refractivity contribution in [1.82, 2.24) is 5.32 Å². The van der Waals surface area contributed by atoms with Crippen molar-refractivity contribution in [3.8, 4) is 5.75 Å². The van der Waals surface area contributed by atoms with Crippen molar-refractivity contribution >= 4 is 6.09 Å². The first kappa shape index (κ1) is 9.32. The molecule has 0 saturated heterocycles. The molecule has 0 fully saturated rings. The standard InChI is InChI=1S/C10H11NO2/c1-2-8-11-10(12)13-9-6-4-3-5-7-9/h2-8H,1H3,(H,11,12). The van der Waals surface area contributed by atoms with Crippen LogP contribution in [-0.4, -0.2) is 6.09 Å². The Hall–Kier alpha value is -1.77. The zero-order chi connectivity index (χ0) is 9.52. The van der Waals surface area contributed by atoms with Crippen LogP contribution in [0, 0.1) is 0 Å². The van der Waals surface area contributed by atoms with Gasteiger partial charge in [-0.15, -0.1) is 0 Å². The molecule has 1 aromatic rings. The van der Waals surface area contributed by atoms with E-state index >= 15 is 0 Å². The number of nitrogens with one attached hydrogen (secondary N) is 1. The summed E-state index contributed by atoms with van der Waals surface area (Å²) in [7, 11) is 0. The average molecular weight is 177 g/mol. The lowest BCUT2D eigenvalue weighted by molar-refractivity contribution is 0.204. The number of benzene rings is 1. The molecule has 1 amide bonds. The van der Waals surface area contributed by atoms with Crippen LogP contribution in [0.25, 0.3) is 0 Å². The van der Waals surface area contributed by atoms with E-state index in [-0.39, 0.29) is 0 Å². The molecule has 0 aliphatic rings. The van der Waals surface area contributed by atoms with Crippen molar-refractivity contribution in [2.45, 2.75) is 6.92 Å². The minimum Gasteiger partial charge on any atom is -0.410 e. The van der Waals surface area contributed by atoms with E-state index in [1.54, 1.807) is 30.3 Å². The van der Waals surface area contributed by atoms with E-state index in [9.17, 15) is 4.79 Å². The predicted octanol–water partition coefficient (Wildman–Crippen LogP) is 2.31. The van der Waals surface area contributed by atoms with Gasteiger partial charge >= 0.3 is 6.09 Å². The van der Waals surface area contributed by atoms with Crippen LogP contribution in [0.3, 0.4) is 0 Å². The Labute approximate surface area is 77.0 Å². The smallest absolute Gasteiger partial charge is 0.410 e. The summed E-state index contributed by atoms with van der Waals surface area (Å²) in [4.78, 5) is 11.0. The molecule has 0 aliphatic heterocycles. The van der Waals surface area contributed by atoms with Crippen molar-refractivity contribution < 1.29 is 9.53 Å². The van der Waals surface area contributed by atoms with Crippen molar-refractivity contribution in [2.24, 2.45) is 0 Å². The summed E-state index contributed by atoms with van der Waals surface area (Å²) in [5, 5.41) is 2.44. The van der Waals surface area contributed by atoms with E-state index in [1.165, 1.54) is 6.20 Å². The van der Waals surface area contributed by atoms with Gasteiger partial charge in [-0.25, -0.2) is 4.79 Å². The summed E-state index contributed by atoms with van der Waals surface area (Å²) in [5.41, 5.74) is 0. The van der Waals surface area contributed by atoms with Gasteiger partial charge in [0, 0.05) is 6.20 Å². The molecule has 3 nitrogen and oxygen atoms in total. The van der Waals surface area contributed by atoms with Gasteiger partial charge in [0.15, 0.2) is 0 Å². The zero-order valence-corrected chi connectivity index (χ0v) is 7.36. The lowest BCUT2D eigenvalue weighted by Gasteiger charge is -2.01. The number of amides is 1. The van der Waals surface area contributed by atoms with Gasteiger partial charge in [-0.1, -0.05) is 24.3 Å². The Morgan fingerprint density at radius 3 is 2.69 bits per heavy atom. The normalized spacial score (nSPS) is 9.92. The Bertz CT molecular complexity index is 293. The summed E-state index contributed by atoms with van der Waals surface area (Å²) in [5.74, 6) is 0.532. The highest BCUT2D eigenvalue weighted by molar-refractivity contribution is 5.71. The third kappa shape index (κ3) is 3.42. The van der Waals surface area contributed by atoms with E-state index in [4.69, 9.17) is 4.74 Å². The molecule has 0 aromatic heterocycles. The number of para-hydroxylation sites is 1. The van der Waals surface area contributed by atoms with Crippen LogP contribution in [0.2, 0.25) is 0 Å². The van der Waals surface area contributed by atoms with Gasteiger partial charge in [-0.3, -0.25) is 5.32 Å². The number of carbonyl (C=O) groups excluding carboxylic acids is 1. The fraction of sp³-hybridized carbons (Fsp3) is 0.100. The first-order valence-corrected chi connectivity index (χ1v) is 3.97. The summed E-state index contributed by atoms with van der Waals surface area (Å²) < 4.78 is 4.92. The van der Waals surface area contributed by atoms with Gasteiger partial charge in [0.1, 0.15) is 5.75 Å². The van der Waals surface area contributed by atoms with Crippen LogP contribution < -0.4 is 10.1 Å². The number of allylic oxidation sites excluding steroid dienone is 1. The fourth-order valence-corrected chi connectivity index (χ4v) is 0.776. The second-order valence-electron chi connectivity index (χ2n) is 2.35. The molecule has 0 unspecified atom stereocenters. The Kier molecular flexibility index (Phi) is 3.57. The molecule has 0 aliphatic carbocycles. The average Bonchev–Trinajstić information content (AvgIpc) is 2.16. The highest BCUT2D eigenvalue weighted by Crippen LogP contribution is 2.07. The van der Waals surface area contributed by atoms with Crippen molar-refractivity contribution in [3.63, 3.8) is 0 Å². The second-order valence-corrected chi connectivity index (χ2v) is 2.35. The predicted molar refractivity (Wildman–Crippen MR) is 50.4 cm³/mol. The number of rotatable bonds is 2. The third-order valence-electron chi connectivity index (χ3n) is 1.32. The molecule has 1 rings (SSSR count). The first-order valence-electron chi connectivity index (χ1n) is 3.97. The van der Waals surface area contributed by atoms with E-state index in [0.717, 1.165) is 0 Å². The molecule has 13 heavy (non-hydrogen) atoms. The van der Waals surface area contributed by atoms with Crippen LogP contribution in [0.1, 0.15) is 6.92 Å². The Morgan fingerprint density at radius 1 is 1.38 bits per heavy atom. The molecule has 0 spiro atoms. The van der Waals surface area contributed by atoms with Crippen LogP contribution in [0.4, 0.5) is 4.79 Å². The second kappa shape index (κ2) is 4.98. The largest absolute Gasteiger partial charge is 0.416 e. The molecule has 68 valence electrons.